The lowest BCUT2D eigenvalue weighted by molar-refractivity contribution is 0.547. The van der Waals surface area contributed by atoms with Crippen LogP contribution in [0.25, 0.3) is 0 Å². The van der Waals surface area contributed by atoms with E-state index in [4.69, 9.17) is 17.3 Å². The quantitative estimate of drug-likeness (QED) is 0.783. The smallest absolute Gasteiger partial charge is 0.123 e. The molecule has 3 heteroatoms. The van der Waals surface area contributed by atoms with Gasteiger partial charge >= 0.3 is 0 Å². The minimum atomic E-state index is 0.282. The molecule has 0 spiro atoms. The SMILES string of the molecule is CC(C)C(Cl)CCCc1ccnc(N)c1. The lowest BCUT2D eigenvalue weighted by Crippen LogP contribution is -2.07. The highest BCUT2D eigenvalue weighted by atomic mass is 35.5. The zero-order valence-electron chi connectivity index (χ0n) is 9.41. The molecule has 1 unspecified atom stereocenters. The third-order valence-electron chi connectivity index (χ3n) is 2.51. The van der Waals surface area contributed by atoms with E-state index in [0.717, 1.165) is 19.3 Å². The highest BCUT2D eigenvalue weighted by Crippen LogP contribution is 2.17. The van der Waals surface area contributed by atoms with Gasteiger partial charge in [-0.15, -0.1) is 11.6 Å². The minimum Gasteiger partial charge on any atom is -0.384 e. The molecule has 0 amide bonds. The molecule has 0 fully saturated rings. The molecule has 0 saturated carbocycles. The second kappa shape index (κ2) is 5.96. The number of hydrogen-bond donors (Lipinski definition) is 1. The first kappa shape index (κ1) is 12.3. The maximum atomic E-state index is 6.18. The Kier molecular flexibility index (Phi) is 4.89. The first-order valence-electron chi connectivity index (χ1n) is 5.44. The van der Waals surface area contributed by atoms with Crippen LogP contribution >= 0.6 is 11.6 Å². The van der Waals surface area contributed by atoms with Crippen molar-refractivity contribution in [3.8, 4) is 0 Å². The average molecular weight is 227 g/mol. The first-order valence-corrected chi connectivity index (χ1v) is 5.87. The van der Waals surface area contributed by atoms with E-state index in [2.05, 4.69) is 18.8 Å². The molecular formula is C12H19ClN2. The number of aryl methyl sites for hydroxylation is 1. The summed E-state index contributed by atoms with van der Waals surface area (Å²) in [7, 11) is 0. The van der Waals surface area contributed by atoms with E-state index in [-0.39, 0.29) is 5.38 Å². The van der Waals surface area contributed by atoms with Crippen molar-refractivity contribution in [2.24, 2.45) is 5.92 Å². The van der Waals surface area contributed by atoms with Crippen molar-refractivity contribution in [2.75, 3.05) is 5.73 Å². The summed E-state index contributed by atoms with van der Waals surface area (Å²) in [4.78, 5) is 3.96. The zero-order chi connectivity index (χ0) is 11.3. The third-order valence-corrected chi connectivity index (χ3v) is 3.24. The standard InChI is InChI=1S/C12H19ClN2/c1-9(2)11(13)5-3-4-10-6-7-15-12(14)8-10/h6-9,11H,3-5H2,1-2H3,(H2,14,15). The Morgan fingerprint density at radius 2 is 2.20 bits per heavy atom. The van der Waals surface area contributed by atoms with E-state index in [0.29, 0.717) is 11.7 Å². The summed E-state index contributed by atoms with van der Waals surface area (Å²) in [5.41, 5.74) is 6.85. The van der Waals surface area contributed by atoms with Crippen LogP contribution in [0.2, 0.25) is 0 Å². The number of hydrogen-bond acceptors (Lipinski definition) is 2. The third kappa shape index (κ3) is 4.52. The molecule has 0 radical (unpaired) electrons. The van der Waals surface area contributed by atoms with Crippen molar-refractivity contribution >= 4 is 17.4 Å². The molecule has 2 N–H and O–H groups in total. The fourth-order valence-electron chi connectivity index (χ4n) is 1.48. The second-order valence-electron chi connectivity index (χ2n) is 4.24. The lowest BCUT2D eigenvalue weighted by atomic mass is 10.0. The van der Waals surface area contributed by atoms with Gasteiger partial charge in [-0.2, -0.15) is 0 Å². The Balaban J connectivity index is 2.32. The van der Waals surface area contributed by atoms with Gasteiger partial charge in [0.25, 0.3) is 0 Å². The summed E-state index contributed by atoms with van der Waals surface area (Å²) >= 11 is 6.18. The second-order valence-corrected chi connectivity index (χ2v) is 4.80. The Morgan fingerprint density at radius 3 is 2.80 bits per heavy atom. The molecule has 2 nitrogen and oxygen atoms in total. The maximum absolute atomic E-state index is 6.18. The maximum Gasteiger partial charge on any atom is 0.123 e. The Bertz CT molecular complexity index is 299. The largest absolute Gasteiger partial charge is 0.384 e. The first-order chi connectivity index (χ1) is 7.09. The van der Waals surface area contributed by atoms with Gasteiger partial charge < -0.3 is 5.73 Å². The van der Waals surface area contributed by atoms with Gasteiger partial charge in [0.15, 0.2) is 0 Å². The summed E-state index contributed by atoms with van der Waals surface area (Å²) in [5, 5.41) is 0.282. The molecule has 1 aromatic heterocycles. The normalized spacial score (nSPS) is 13.1. The Hall–Kier alpha value is -0.760. The van der Waals surface area contributed by atoms with Crippen LogP contribution in [-0.4, -0.2) is 10.4 Å². The van der Waals surface area contributed by atoms with Gasteiger partial charge in [0, 0.05) is 11.6 Å². The molecule has 1 heterocycles. The monoisotopic (exact) mass is 226 g/mol. The minimum absolute atomic E-state index is 0.282. The molecule has 0 saturated heterocycles. The van der Waals surface area contributed by atoms with Gasteiger partial charge in [-0.3, -0.25) is 0 Å². The number of nitrogens with two attached hydrogens (primary N) is 1. The van der Waals surface area contributed by atoms with Crippen LogP contribution < -0.4 is 5.73 Å². The lowest BCUT2D eigenvalue weighted by Gasteiger charge is -2.12. The van der Waals surface area contributed by atoms with Crippen LogP contribution in [-0.2, 0) is 6.42 Å². The fraction of sp³-hybridized carbons (Fsp3) is 0.583. The van der Waals surface area contributed by atoms with Crippen molar-refractivity contribution in [2.45, 2.75) is 38.5 Å². The number of halogens is 1. The Labute approximate surface area is 96.8 Å². The predicted molar refractivity (Wildman–Crippen MR) is 66.1 cm³/mol. The molecular weight excluding hydrogens is 208 g/mol. The topological polar surface area (TPSA) is 38.9 Å². The summed E-state index contributed by atoms with van der Waals surface area (Å²) < 4.78 is 0. The molecule has 1 atom stereocenters. The fourth-order valence-corrected chi connectivity index (χ4v) is 1.64. The van der Waals surface area contributed by atoms with E-state index in [9.17, 15) is 0 Å². The molecule has 15 heavy (non-hydrogen) atoms. The molecule has 84 valence electrons. The van der Waals surface area contributed by atoms with Crippen molar-refractivity contribution < 1.29 is 0 Å². The highest BCUT2D eigenvalue weighted by molar-refractivity contribution is 6.20. The Morgan fingerprint density at radius 1 is 1.47 bits per heavy atom. The van der Waals surface area contributed by atoms with E-state index in [1.807, 2.05) is 12.1 Å². The van der Waals surface area contributed by atoms with Gasteiger partial charge in [-0.05, 0) is 42.9 Å². The number of pyridine rings is 1. The summed E-state index contributed by atoms with van der Waals surface area (Å²) in [6.07, 6.45) is 4.95. The van der Waals surface area contributed by atoms with E-state index in [1.165, 1.54) is 5.56 Å². The van der Waals surface area contributed by atoms with E-state index in [1.54, 1.807) is 6.20 Å². The van der Waals surface area contributed by atoms with E-state index >= 15 is 0 Å². The van der Waals surface area contributed by atoms with Gasteiger partial charge in [0.05, 0.1) is 0 Å². The number of nitrogens with zero attached hydrogens (tertiary/aromatic N) is 1. The predicted octanol–water partition coefficient (Wildman–Crippen LogP) is 3.25. The van der Waals surface area contributed by atoms with Crippen molar-refractivity contribution in [1.82, 2.24) is 4.98 Å². The van der Waals surface area contributed by atoms with Crippen molar-refractivity contribution in [3.63, 3.8) is 0 Å². The van der Waals surface area contributed by atoms with Crippen LogP contribution in [0.1, 0.15) is 32.3 Å². The number of nitrogen functional groups attached to an aromatic ring is 1. The van der Waals surface area contributed by atoms with Gasteiger partial charge in [-0.1, -0.05) is 13.8 Å². The zero-order valence-corrected chi connectivity index (χ0v) is 10.2. The summed E-state index contributed by atoms with van der Waals surface area (Å²) in [5.74, 6) is 1.15. The van der Waals surface area contributed by atoms with Crippen LogP contribution in [0.4, 0.5) is 5.82 Å². The van der Waals surface area contributed by atoms with Crippen LogP contribution in [0, 0.1) is 5.92 Å². The summed E-state index contributed by atoms with van der Waals surface area (Å²) in [6.45, 7) is 4.31. The number of aromatic nitrogens is 1. The molecule has 0 aliphatic heterocycles. The van der Waals surface area contributed by atoms with Gasteiger partial charge in [-0.25, -0.2) is 4.98 Å². The number of rotatable bonds is 5. The molecule has 0 bridgehead atoms. The highest BCUT2D eigenvalue weighted by Gasteiger charge is 2.08. The van der Waals surface area contributed by atoms with Gasteiger partial charge in [0.1, 0.15) is 5.82 Å². The number of anilines is 1. The molecule has 0 aliphatic carbocycles. The average Bonchev–Trinajstić information content (AvgIpc) is 2.17. The molecule has 1 aromatic rings. The molecule has 0 aromatic carbocycles. The molecule has 0 aliphatic rings. The van der Waals surface area contributed by atoms with E-state index < -0.39 is 0 Å². The van der Waals surface area contributed by atoms with Crippen LogP contribution in [0.3, 0.4) is 0 Å². The van der Waals surface area contributed by atoms with Crippen molar-refractivity contribution in [3.05, 3.63) is 23.9 Å². The van der Waals surface area contributed by atoms with Crippen molar-refractivity contribution in [1.29, 1.82) is 0 Å². The number of alkyl halides is 1. The van der Waals surface area contributed by atoms with Crippen LogP contribution in [0.15, 0.2) is 18.3 Å². The molecule has 1 rings (SSSR count). The summed E-state index contributed by atoms with van der Waals surface area (Å²) in [6, 6.07) is 3.94. The van der Waals surface area contributed by atoms with Crippen LogP contribution in [0.5, 0.6) is 0 Å². The van der Waals surface area contributed by atoms with Gasteiger partial charge in [0.2, 0.25) is 0 Å².